The van der Waals surface area contributed by atoms with Gasteiger partial charge in [-0.3, -0.25) is 4.79 Å². The van der Waals surface area contributed by atoms with Crippen molar-refractivity contribution in [2.24, 2.45) is 0 Å². The summed E-state index contributed by atoms with van der Waals surface area (Å²) in [6.45, 7) is 5.95. The molecule has 0 aliphatic heterocycles. The molecule has 0 spiro atoms. The summed E-state index contributed by atoms with van der Waals surface area (Å²) in [5.41, 5.74) is 3.56. The molecule has 32 heavy (non-hydrogen) atoms. The Balaban J connectivity index is 1.84. The first-order valence-electron chi connectivity index (χ1n) is 10.3. The van der Waals surface area contributed by atoms with E-state index in [-0.39, 0.29) is 11.6 Å². The summed E-state index contributed by atoms with van der Waals surface area (Å²) in [7, 11) is 0. The molecule has 2 aromatic carbocycles. The van der Waals surface area contributed by atoms with Gasteiger partial charge in [0.2, 0.25) is 0 Å². The number of pyridine rings is 1. The molecule has 0 radical (unpaired) electrons. The maximum absolute atomic E-state index is 14.2. The average molecular weight is 427 g/mol. The zero-order valence-corrected chi connectivity index (χ0v) is 18.0. The van der Waals surface area contributed by atoms with Crippen LogP contribution >= 0.6 is 0 Å². The molecule has 0 aliphatic rings. The number of fused-ring (bicyclic) bond motifs is 1. The third kappa shape index (κ3) is 3.83. The van der Waals surface area contributed by atoms with Crippen molar-refractivity contribution < 1.29 is 9.18 Å². The first-order valence-corrected chi connectivity index (χ1v) is 10.3. The lowest BCUT2D eigenvalue weighted by atomic mass is 10.0. The first kappa shape index (κ1) is 21.2. The lowest BCUT2D eigenvalue weighted by Crippen LogP contribution is -2.28. The van der Waals surface area contributed by atoms with Crippen LogP contribution in [0.3, 0.4) is 0 Å². The van der Waals surface area contributed by atoms with Crippen LogP contribution in [0.15, 0.2) is 60.8 Å². The fourth-order valence-electron chi connectivity index (χ4n) is 3.68. The van der Waals surface area contributed by atoms with Gasteiger partial charge < -0.3 is 5.32 Å². The van der Waals surface area contributed by atoms with Gasteiger partial charge in [0.05, 0.1) is 28.9 Å². The third-order valence-corrected chi connectivity index (χ3v) is 5.34. The molecule has 1 unspecified atom stereocenters. The maximum atomic E-state index is 14.2. The molecule has 1 amide bonds. The maximum Gasteiger partial charge on any atom is 0.253 e. The monoisotopic (exact) mass is 427 g/mol. The van der Waals surface area contributed by atoms with E-state index in [0.717, 1.165) is 11.1 Å². The number of rotatable bonds is 5. The van der Waals surface area contributed by atoms with E-state index in [2.05, 4.69) is 10.4 Å². The Labute approximate surface area is 185 Å². The standard InChI is InChI=1S/C25H22FN5O/c1-15(2)31-24-20(14-28-31)19(12-22(29-24)17-9-5-4-8-16(17)3)25(32)30-23(13-27)18-10-6-7-11-21(18)26/h4-12,14-15,23H,1-3H3,(H,30,32). The summed E-state index contributed by atoms with van der Waals surface area (Å²) in [5.74, 6) is -1.04. The zero-order valence-electron chi connectivity index (χ0n) is 18.0. The number of hydrogen-bond acceptors (Lipinski definition) is 4. The summed E-state index contributed by atoms with van der Waals surface area (Å²) in [4.78, 5) is 18.1. The second-order valence-corrected chi connectivity index (χ2v) is 7.85. The van der Waals surface area contributed by atoms with E-state index in [1.807, 2.05) is 51.1 Å². The van der Waals surface area contributed by atoms with Crippen molar-refractivity contribution in [1.82, 2.24) is 20.1 Å². The number of nitrogens with one attached hydrogen (secondary N) is 1. The fourth-order valence-corrected chi connectivity index (χ4v) is 3.68. The van der Waals surface area contributed by atoms with Crippen LogP contribution in [0.1, 0.15) is 47.4 Å². The number of aryl methyl sites for hydroxylation is 1. The van der Waals surface area contributed by atoms with Crippen molar-refractivity contribution in [2.45, 2.75) is 32.9 Å². The number of halogens is 1. The predicted molar refractivity (Wildman–Crippen MR) is 120 cm³/mol. The summed E-state index contributed by atoms with van der Waals surface area (Å²) in [6.07, 6.45) is 1.60. The average Bonchev–Trinajstić information content (AvgIpc) is 3.22. The van der Waals surface area contributed by atoms with Crippen LogP contribution in [0.25, 0.3) is 22.3 Å². The number of benzene rings is 2. The highest BCUT2D eigenvalue weighted by Gasteiger charge is 2.23. The Morgan fingerprint density at radius 3 is 2.56 bits per heavy atom. The zero-order chi connectivity index (χ0) is 22.8. The molecule has 2 heterocycles. The molecule has 4 aromatic rings. The summed E-state index contributed by atoms with van der Waals surface area (Å²) >= 11 is 0. The van der Waals surface area contributed by atoms with Gasteiger partial charge in [-0.15, -0.1) is 0 Å². The number of nitrogens with zero attached hydrogens (tertiary/aromatic N) is 4. The highest BCUT2D eigenvalue weighted by Crippen LogP contribution is 2.28. The number of nitriles is 1. The predicted octanol–water partition coefficient (Wildman–Crippen LogP) is 5.12. The van der Waals surface area contributed by atoms with Crippen LogP contribution in [-0.2, 0) is 0 Å². The van der Waals surface area contributed by atoms with Gasteiger partial charge >= 0.3 is 0 Å². The first-order chi connectivity index (χ1) is 15.4. The van der Waals surface area contributed by atoms with Gasteiger partial charge in [-0.05, 0) is 38.5 Å². The highest BCUT2D eigenvalue weighted by atomic mass is 19.1. The molecule has 160 valence electrons. The molecule has 7 heteroatoms. The van der Waals surface area contributed by atoms with Crippen LogP contribution < -0.4 is 5.32 Å². The fraction of sp³-hybridized carbons (Fsp3) is 0.200. The molecule has 0 fully saturated rings. The van der Waals surface area contributed by atoms with Gasteiger partial charge in [0.1, 0.15) is 11.9 Å². The lowest BCUT2D eigenvalue weighted by molar-refractivity contribution is 0.0946. The van der Waals surface area contributed by atoms with E-state index in [1.165, 1.54) is 18.2 Å². The van der Waals surface area contributed by atoms with E-state index < -0.39 is 17.8 Å². The summed E-state index contributed by atoms with van der Waals surface area (Å²) in [5, 5.41) is 17.2. The van der Waals surface area contributed by atoms with Crippen LogP contribution in [0, 0.1) is 24.1 Å². The minimum atomic E-state index is -1.13. The largest absolute Gasteiger partial charge is 0.332 e. The van der Waals surface area contributed by atoms with Crippen molar-refractivity contribution in [3.05, 3.63) is 83.3 Å². The molecule has 2 aromatic heterocycles. The lowest BCUT2D eigenvalue weighted by Gasteiger charge is -2.15. The van der Waals surface area contributed by atoms with Crippen molar-refractivity contribution in [3.8, 4) is 17.3 Å². The molecule has 0 aliphatic carbocycles. The molecule has 6 nitrogen and oxygen atoms in total. The number of carbonyl (C=O) groups excluding carboxylic acids is 1. The van der Waals surface area contributed by atoms with Gasteiger partial charge in [0, 0.05) is 17.2 Å². The molecule has 1 atom stereocenters. The second kappa shape index (κ2) is 8.60. The molecule has 0 bridgehead atoms. The molecule has 4 rings (SSSR count). The van der Waals surface area contributed by atoms with Crippen LogP contribution in [0.2, 0.25) is 0 Å². The van der Waals surface area contributed by atoms with E-state index in [0.29, 0.717) is 22.3 Å². The Hall–Kier alpha value is -4.05. The van der Waals surface area contributed by atoms with Gasteiger partial charge in [0.15, 0.2) is 5.65 Å². The molecular weight excluding hydrogens is 405 g/mol. The number of hydrogen-bond donors (Lipinski definition) is 1. The molecular formula is C25H22FN5O. The quantitative estimate of drug-likeness (QED) is 0.479. The van der Waals surface area contributed by atoms with Gasteiger partial charge in [-0.25, -0.2) is 14.1 Å². The Bertz CT molecular complexity index is 1350. The normalized spacial score (nSPS) is 12.0. The Morgan fingerprint density at radius 2 is 1.88 bits per heavy atom. The Kier molecular flexibility index (Phi) is 5.69. The molecule has 0 saturated carbocycles. The van der Waals surface area contributed by atoms with E-state index in [4.69, 9.17) is 4.98 Å². The van der Waals surface area contributed by atoms with Crippen molar-refractivity contribution in [1.29, 1.82) is 5.26 Å². The summed E-state index contributed by atoms with van der Waals surface area (Å²) in [6, 6.07) is 16.3. The second-order valence-electron chi connectivity index (χ2n) is 7.85. The van der Waals surface area contributed by atoms with Gasteiger partial charge in [-0.1, -0.05) is 42.5 Å². The van der Waals surface area contributed by atoms with E-state index >= 15 is 0 Å². The topological polar surface area (TPSA) is 83.6 Å². The van der Waals surface area contributed by atoms with E-state index in [9.17, 15) is 14.4 Å². The SMILES string of the molecule is Cc1ccccc1-c1cc(C(=O)NC(C#N)c2ccccc2F)c2cnn(C(C)C)c2n1. The smallest absolute Gasteiger partial charge is 0.253 e. The van der Waals surface area contributed by atoms with Gasteiger partial charge in [0.25, 0.3) is 5.91 Å². The Morgan fingerprint density at radius 1 is 1.16 bits per heavy atom. The number of amides is 1. The summed E-state index contributed by atoms with van der Waals surface area (Å²) < 4.78 is 16.0. The molecule has 0 saturated heterocycles. The molecule has 1 N–H and O–H groups in total. The van der Waals surface area contributed by atoms with Crippen molar-refractivity contribution in [2.75, 3.05) is 0 Å². The van der Waals surface area contributed by atoms with Crippen LogP contribution in [0.5, 0.6) is 0 Å². The minimum absolute atomic E-state index is 0.0355. The number of carbonyl (C=O) groups is 1. The van der Waals surface area contributed by atoms with Crippen molar-refractivity contribution >= 4 is 16.9 Å². The van der Waals surface area contributed by atoms with E-state index in [1.54, 1.807) is 23.0 Å². The van der Waals surface area contributed by atoms with Crippen LogP contribution in [0.4, 0.5) is 4.39 Å². The third-order valence-electron chi connectivity index (χ3n) is 5.34. The number of aromatic nitrogens is 3. The minimum Gasteiger partial charge on any atom is -0.332 e. The van der Waals surface area contributed by atoms with Gasteiger partial charge in [-0.2, -0.15) is 10.4 Å². The highest BCUT2D eigenvalue weighted by molar-refractivity contribution is 6.06. The van der Waals surface area contributed by atoms with Crippen LogP contribution in [-0.4, -0.2) is 20.7 Å². The van der Waals surface area contributed by atoms with Crippen molar-refractivity contribution in [3.63, 3.8) is 0 Å².